The van der Waals surface area contributed by atoms with E-state index in [1.165, 1.54) is 11.3 Å². The zero-order valence-electron chi connectivity index (χ0n) is 17.7. The molecular formula is C23H25N3O4S. The number of anilines is 1. The highest BCUT2D eigenvalue weighted by atomic mass is 32.1. The van der Waals surface area contributed by atoms with Crippen LogP contribution in [0.3, 0.4) is 0 Å². The van der Waals surface area contributed by atoms with Crippen molar-refractivity contribution in [2.75, 3.05) is 18.5 Å². The van der Waals surface area contributed by atoms with Crippen LogP contribution in [0.2, 0.25) is 0 Å². The minimum Gasteiger partial charge on any atom is -0.454 e. The molecule has 1 heterocycles. The normalized spacial score (nSPS) is 12.8. The molecule has 1 aromatic carbocycles. The lowest BCUT2D eigenvalue weighted by atomic mass is 10.1. The van der Waals surface area contributed by atoms with Gasteiger partial charge in [-0.1, -0.05) is 23.6 Å². The fourth-order valence-electron chi connectivity index (χ4n) is 3.67. The summed E-state index contributed by atoms with van der Waals surface area (Å²) in [6.07, 6.45) is 5.03. The number of hydrogen-bond acceptors (Lipinski definition) is 6. The number of esters is 1. The molecule has 0 fully saturated rings. The van der Waals surface area contributed by atoms with E-state index < -0.39 is 18.5 Å². The van der Waals surface area contributed by atoms with Crippen LogP contribution in [0.25, 0.3) is 0 Å². The Labute approximate surface area is 185 Å². The number of carbonyl (C=O) groups is 3. The van der Waals surface area contributed by atoms with Gasteiger partial charge in [-0.15, -0.1) is 11.3 Å². The molecule has 0 aliphatic heterocycles. The Kier molecular flexibility index (Phi) is 7.42. The van der Waals surface area contributed by atoms with Crippen LogP contribution in [0.1, 0.15) is 56.8 Å². The highest BCUT2D eigenvalue weighted by Gasteiger charge is 2.21. The fourth-order valence-corrected chi connectivity index (χ4v) is 4.92. The molecule has 1 aromatic heterocycles. The van der Waals surface area contributed by atoms with Crippen molar-refractivity contribution in [3.8, 4) is 6.07 Å². The smallest absolute Gasteiger partial charge is 0.325 e. The van der Waals surface area contributed by atoms with Gasteiger partial charge in [-0.05, 0) is 57.2 Å². The number of rotatable bonds is 6. The van der Waals surface area contributed by atoms with E-state index in [2.05, 4.69) is 16.7 Å². The third-order valence-electron chi connectivity index (χ3n) is 5.03. The lowest BCUT2D eigenvalue weighted by Gasteiger charge is -2.08. The summed E-state index contributed by atoms with van der Waals surface area (Å²) in [7, 11) is 0. The highest BCUT2D eigenvalue weighted by molar-refractivity contribution is 7.16. The van der Waals surface area contributed by atoms with Crippen molar-refractivity contribution in [1.29, 1.82) is 5.26 Å². The molecule has 31 heavy (non-hydrogen) atoms. The van der Waals surface area contributed by atoms with Gasteiger partial charge in [0.1, 0.15) is 17.6 Å². The molecule has 0 spiro atoms. The first-order valence-corrected chi connectivity index (χ1v) is 11.1. The summed E-state index contributed by atoms with van der Waals surface area (Å²) in [5, 5.41) is 15.2. The summed E-state index contributed by atoms with van der Waals surface area (Å²) >= 11 is 1.42. The van der Waals surface area contributed by atoms with Crippen molar-refractivity contribution < 1.29 is 19.1 Å². The predicted molar refractivity (Wildman–Crippen MR) is 118 cm³/mol. The fraction of sp³-hybridized carbons (Fsp3) is 0.391. The molecule has 0 radical (unpaired) electrons. The number of nitrogens with one attached hydrogen (secondary N) is 2. The highest BCUT2D eigenvalue weighted by Crippen LogP contribution is 2.36. The number of fused-ring (bicyclic) bond motifs is 1. The average Bonchev–Trinajstić information content (AvgIpc) is 2.88. The number of ether oxygens (including phenoxy) is 1. The Morgan fingerprint density at radius 1 is 1.10 bits per heavy atom. The number of aryl methyl sites for hydroxylation is 3. The van der Waals surface area contributed by atoms with E-state index in [4.69, 9.17) is 4.74 Å². The summed E-state index contributed by atoms with van der Waals surface area (Å²) in [5.74, 6) is -1.61. The number of nitriles is 1. The largest absolute Gasteiger partial charge is 0.454 e. The van der Waals surface area contributed by atoms with Crippen LogP contribution in [-0.2, 0) is 27.2 Å². The second-order valence-corrected chi connectivity index (χ2v) is 8.75. The van der Waals surface area contributed by atoms with Gasteiger partial charge >= 0.3 is 5.97 Å². The molecule has 1 aliphatic carbocycles. The average molecular weight is 440 g/mol. The number of hydrogen-bond donors (Lipinski definition) is 2. The Morgan fingerprint density at radius 3 is 2.52 bits per heavy atom. The van der Waals surface area contributed by atoms with E-state index in [0.717, 1.165) is 53.7 Å². The number of amides is 2. The van der Waals surface area contributed by atoms with Crippen molar-refractivity contribution in [2.24, 2.45) is 0 Å². The van der Waals surface area contributed by atoms with Gasteiger partial charge in [0.2, 0.25) is 0 Å². The molecule has 162 valence electrons. The first kappa shape index (κ1) is 22.5. The van der Waals surface area contributed by atoms with Crippen LogP contribution in [0.5, 0.6) is 0 Å². The minimum atomic E-state index is -0.713. The van der Waals surface area contributed by atoms with Crippen LogP contribution < -0.4 is 10.6 Å². The lowest BCUT2D eigenvalue weighted by molar-refractivity contribution is -0.146. The maximum atomic E-state index is 12.2. The van der Waals surface area contributed by atoms with E-state index in [0.29, 0.717) is 16.1 Å². The number of carbonyl (C=O) groups excluding carboxylic acids is 3. The van der Waals surface area contributed by atoms with Gasteiger partial charge in [-0.3, -0.25) is 14.4 Å². The van der Waals surface area contributed by atoms with Gasteiger partial charge in [-0.25, -0.2) is 0 Å². The van der Waals surface area contributed by atoms with Crippen LogP contribution in [0.4, 0.5) is 5.00 Å². The molecule has 0 bridgehead atoms. The quantitative estimate of drug-likeness (QED) is 0.530. The second kappa shape index (κ2) is 10.2. The maximum Gasteiger partial charge on any atom is 0.325 e. The van der Waals surface area contributed by atoms with Crippen molar-refractivity contribution in [3.05, 3.63) is 50.9 Å². The maximum absolute atomic E-state index is 12.2. The summed E-state index contributed by atoms with van der Waals surface area (Å²) in [6, 6.07) is 7.61. The Bertz CT molecular complexity index is 1030. The molecule has 2 amide bonds. The molecule has 0 saturated heterocycles. The summed E-state index contributed by atoms with van der Waals surface area (Å²) < 4.78 is 4.96. The molecule has 3 rings (SSSR count). The van der Waals surface area contributed by atoms with E-state index in [1.54, 1.807) is 12.1 Å². The van der Waals surface area contributed by atoms with Crippen LogP contribution >= 0.6 is 11.3 Å². The number of thiophene rings is 1. The van der Waals surface area contributed by atoms with E-state index >= 15 is 0 Å². The summed E-state index contributed by atoms with van der Waals surface area (Å²) in [4.78, 5) is 37.5. The predicted octanol–water partition coefficient (Wildman–Crippen LogP) is 3.42. The SMILES string of the molecule is Cc1cc(C)cc(C(=O)NCC(=O)OCC(=O)Nc2sc3c(c2C#N)CCCCC3)c1. The van der Waals surface area contributed by atoms with Gasteiger partial charge in [0.15, 0.2) is 6.61 Å². The molecule has 0 saturated carbocycles. The van der Waals surface area contributed by atoms with Gasteiger partial charge in [0.05, 0.1) is 5.56 Å². The topological polar surface area (TPSA) is 108 Å². The molecule has 7 nitrogen and oxygen atoms in total. The monoisotopic (exact) mass is 439 g/mol. The van der Waals surface area contributed by atoms with E-state index in [-0.39, 0.29) is 12.5 Å². The van der Waals surface area contributed by atoms with Crippen molar-refractivity contribution in [3.63, 3.8) is 0 Å². The van der Waals surface area contributed by atoms with Gasteiger partial charge in [0.25, 0.3) is 11.8 Å². The Morgan fingerprint density at radius 2 is 1.81 bits per heavy atom. The summed E-state index contributed by atoms with van der Waals surface area (Å²) in [6.45, 7) is 2.96. The lowest BCUT2D eigenvalue weighted by Crippen LogP contribution is -2.32. The molecule has 2 N–H and O–H groups in total. The van der Waals surface area contributed by atoms with Crippen LogP contribution in [0.15, 0.2) is 18.2 Å². The zero-order chi connectivity index (χ0) is 22.4. The molecular weight excluding hydrogens is 414 g/mol. The van der Waals surface area contributed by atoms with Crippen LogP contribution in [-0.4, -0.2) is 30.9 Å². The molecule has 0 atom stereocenters. The first-order chi connectivity index (χ1) is 14.9. The molecule has 2 aromatic rings. The third-order valence-corrected chi connectivity index (χ3v) is 6.23. The van der Waals surface area contributed by atoms with Gasteiger partial charge < -0.3 is 15.4 Å². The number of nitrogens with zero attached hydrogens (tertiary/aromatic N) is 1. The Hall–Kier alpha value is -3.18. The van der Waals surface area contributed by atoms with E-state index in [1.807, 2.05) is 19.9 Å². The second-order valence-electron chi connectivity index (χ2n) is 7.65. The zero-order valence-corrected chi connectivity index (χ0v) is 18.5. The van der Waals surface area contributed by atoms with Crippen molar-refractivity contribution in [1.82, 2.24) is 5.32 Å². The van der Waals surface area contributed by atoms with Crippen LogP contribution in [0, 0.1) is 25.2 Å². The summed E-state index contributed by atoms with van der Waals surface area (Å²) in [5.41, 5.74) is 3.91. The molecule has 1 aliphatic rings. The standard InChI is InChI=1S/C23H25N3O4S/c1-14-8-15(2)10-16(9-14)22(29)25-12-21(28)30-13-20(27)26-23-18(11-24)17-6-4-3-5-7-19(17)31-23/h8-10H,3-7,12-13H2,1-2H3,(H,25,29)(H,26,27). The number of benzene rings is 1. The molecule has 8 heteroatoms. The third kappa shape index (κ3) is 5.92. The minimum absolute atomic E-state index is 0.337. The van der Waals surface area contributed by atoms with Gasteiger partial charge in [-0.2, -0.15) is 5.26 Å². The van der Waals surface area contributed by atoms with Crippen molar-refractivity contribution >= 4 is 34.1 Å². The van der Waals surface area contributed by atoms with E-state index in [9.17, 15) is 19.6 Å². The Balaban J connectivity index is 1.49. The first-order valence-electron chi connectivity index (χ1n) is 10.2. The van der Waals surface area contributed by atoms with Crippen molar-refractivity contribution in [2.45, 2.75) is 46.0 Å². The van der Waals surface area contributed by atoms with Gasteiger partial charge in [0, 0.05) is 10.4 Å². The molecule has 0 unspecified atom stereocenters.